The Hall–Kier alpha value is -3.91. The molecule has 0 aliphatic carbocycles. The van der Waals surface area contributed by atoms with Gasteiger partial charge in [0.1, 0.15) is 23.9 Å². The van der Waals surface area contributed by atoms with Gasteiger partial charge in [-0.3, -0.25) is 30.3 Å². The highest BCUT2D eigenvalue weighted by molar-refractivity contribution is 6.02. The van der Waals surface area contributed by atoms with Crippen molar-refractivity contribution in [2.24, 2.45) is 16.5 Å². The third kappa shape index (κ3) is 2.94. The van der Waals surface area contributed by atoms with Crippen LogP contribution in [0.2, 0.25) is 0 Å². The molecule has 14 nitrogen and oxygen atoms in total. The number of amides is 3. The Kier molecular flexibility index (Phi) is 4.72. The first kappa shape index (κ1) is 22.5. The summed E-state index contributed by atoms with van der Waals surface area (Å²) in [4.78, 5) is 43.2. The number of para-hydroxylation sites is 1. The van der Waals surface area contributed by atoms with Crippen molar-refractivity contribution in [3.05, 3.63) is 29.3 Å². The van der Waals surface area contributed by atoms with Gasteiger partial charge in [-0.15, -0.1) is 0 Å². The van der Waals surface area contributed by atoms with Gasteiger partial charge in [0, 0.05) is 19.3 Å². The zero-order chi connectivity index (χ0) is 25.4. The van der Waals surface area contributed by atoms with E-state index in [0.717, 1.165) is 10.5 Å². The van der Waals surface area contributed by atoms with Crippen LogP contribution in [0.3, 0.4) is 0 Å². The lowest BCUT2D eigenvalue weighted by atomic mass is 9.85. The van der Waals surface area contributed by atoms with Gasteiger partial charge in [0.15, 0.2) is 5.96 Å². The van der Waals surface area contributed by atoms with E-state index in [9.17, 15) is 24.6 Å². The number of carbonyl (C=O) groups excluding carboxylic acids is 3. The molecule has 0 saturated carbocycles. The maximum atomic E-state index is 13.2. The van der Waals surface area contributed by atoms with Crippen LogP contribution in [0, 0.1) is 0 Å². The Balaban J connectivity index is 1.33. The molecule has 6 rings (SSSR count). The van der Waals surface area contributed by atoms with Crippen LogP contribution in [0.4, 0.5) is 0 Å². The van der Waals surface area contributed by atoms with E-state index in [1.807, 2.05) is 6.07 Å². The largest absolute Gasteiger partial charge is 0.492 e. The molecule has 3 amide bonds. The molecule has 14 heteroatoms. The number of carbonyl (C=O) groups is 3. The van der Waals surface area contributed by atoms with E-state index in [-0.39, 0.29) is 55.2 Å². The number of nitrogens with two attached hydrogens (primary N) is 2. The first-order valence-corrected chi connectivity index (χ1v) is 11.7. The zero-order valence-corrected chi connectivity index (χ0v) is 19.2. The second-order valence-electron chi connectivity index (χ2n) is 9.64. The maximum absolute atomic E-state index is 13.2. The van der Waals surface area contributed by atoms with Gasteiger partial charge in [-0.05, 0) is 11.6 Å². The molecule has 0 bridgehead atoms. The predicted octanol–water partition coefficient (Wildman–Crippen LogP) is -4.15. The summed E-state index contributed by atoms with van der Waals surface area (Å²) in [6.07, 6.45) is 0.909. The summed E-state index contributed by atoms with van der Waals surface area (Å²) in [5.41, 5.74) is 11.7. The molecule has 36 heavy (non-hydrogen) atoms. The molecule has 1 unspecified atom stereocenters. The van der Waals surface area contributed by atoms with E-state index < -0.39 is 35.5 Å². The lowest BCUT2D eigenvalue weighted by molar-refractivity contribution is -0.623. The molecule has 5 aliphatic heterocycles. The SMILES string of the molecule is NC1=N[C@H]2[C@H](CN3C(=O)CCC3=O)NC(N)=[N+]3CC(NC(=O)c4cccc5c4OCC5)C(O)(O)[C@]23N1. The number of hydrogen-bond donors (Lipinski definition) is 7. The van der Waals surface area contributed by atoms with Crippen molar-refractivity contribution in [3.8, 4) is 5.75 Å². The molecule has 190 valence electrons. The maximum Gasteiger partial charge on any atom is 0.346 e. The average molecular weight is 500 g/mol. The first-order chi connectivity index (χ1) is 17.1. The van der Waals surface area contributed by atoms with E-state index in [0.29, 0.717) is 18.8 Å². The van der Waals surface area contributed by atoms with Crippen LogP contribution >= 0.6 is 0 Å². The Morgan fingerprint density at radius 3 is 2.75 bits per heavy atom. The molecule has 9 N–H and O–H groups in total. The number of nitrogens with zero attached hydrogens (tertiary/aromatic N) is 3. The Morgan fingerprint density at radius 2 is 2.00 bits per heavy atom. The minimum absolute atomic E-state index is 0.0564. The normalized spacial score (nSPS) is 31.8. The quantitative estimate of drug-likeness (QED) is 0.121. The van der Waals surface area contributed by atoms with Gasteiger partial charge in [-0.2, -0.15) is 0 Å². The molecule has 2 saturated heterocycles. The number of nitrogens with one attached hydrogen (secondary N) is 3. The van der Waals surface area contributed by atoms with E-state index in [2.05, 4.69) is 20.9 Å². The highest BCUT2D eigenvalue weighted by Crippen LogP contribution is 2.42. The minimum atomic E-state index is -2.61. The number of aliphatic hydroxyl groups is 2. The molecule has 5 heterocycles. The van der Waals surface area contributed by atoms with Crippen molar-refractivity contribution in [2.75, 3.05) is 19.7 Å². The lowest BCUT2D eigenvalue weighted by Gasteiger charge is -2.44. The van der Waals surface area contributed by atoms with Gasteiger partial charge in [-0.25, -0.2) is 9.57 Å². The highest BCUT2D eigenvalue weighted by Gasteiger charge is 2.75. The molecular formula is C22H27N8O6+. The third-order valence-corrected chi connectivity index (χ3v) is 7.67. The number of hydrogen-bond acceptors (Lipinski definition) is 11. The zero-order valence-electron chi connectivity index (χ0n) is 19.2. The van der Waals surface area contributed by atoms with Gasteiger partial charge in [0.25, 0.3) is 5.91 Å². The topological polar surface area (TPSA) is 208 Å². The fourth-order valence-corrected chi connectivity index (χ4v) is 5.96. The van der Waals surface area contributed by atoms with Crippen LogP contribution in [0.25, 0.3) is 0 Å². The van der Waals surface area contributed by atoms with Gasteiger partial charge in [0.05, 0.1) is 25.3 Å². The molecule has 0 aromatic heterocycles. The van der Waals surface area contributed by atoms with Crippen LogP contribution in [0.5, 0.6) is 5.75 Å². The fourth-order valence-electron chi connectivity index (χ4n) is 5.96. The highest BCUT2D eigenvalue weighted by atomic mass is 16.5. The van der Waals surface area contributed by atoms with Crippen LogP contribution in [-0.4, -0.2) is 98.6 Å². The Bertz CT molecular complexity index is 1240. The number of rotatable bonds is 4. The molecule has 1 aromatic carbocycles. The summed E-state index contributed by atoms with van der Waals surface area (Å²) in [6, 6.07) is 2.28. The van der Waals surface area contributed by atoms with Gasteiger partial charge in [-0.1, -0.05) is 12.1 Å². The summed E-state index contributed by atoms with van der Waals surface area (Å²) < 4.78 is 7.08. The standard InChI is InChI=1S/C22H26N8O6/c23-19-27-17-12(8-29-14(31)4-5-15(29)32)25-20(24)30-9-13(22(34,35)21(17,30)28-19)26-18(33)11-3-1-2-10-6-7-36-16(10)11/h1-3,12-13,17,34-35H,4-9H2,(H6,23,24,25,26,27,28,33)/p+1/t12-,13?,17-,21-/m0/s1. The van der Waals surface area contributed by atoms with Crippen LogP contribution in [0.15, 0.2) is 23.2 Å². The van der Waals surface area contributed by atoms with E-state index >= 15 is 0 Å². The monoisotopic (exact) mass is 499 g/mol. The van der Waals surface area contributed by atoms with E-state index in [1.54, 1.807) is 12.1 Å². The molecule has 1 spiro atoms. The predicted molar refractivity (Wildman–Crippen MR) is 123 cm³/mol. The van der Waals surface area contributed by atoms with Crippen molar-refractivity contribution in [1.29, 1.82) is 0 Å². The van der Waals surface area contributed by atoms with Gasteiger partial charge in [0.2, 0.25) is 23.3 Å². The average Bonchev–Trinajstić information content (AvgIpc) is 3.57. The molecule has 2 fully saturated rings. The fraction of sp³-hybridized carbons (Fsp3) is 0.500. The third-order valence-electron chi connectivity index (χ3n) is 7.67. The lowest BCUT2D eigenvalue weighted by Crippen LogP contribution is -2.79. The first-order valence-electron chi connectivity index (χ1n) is 11.7. The Morgan fingerprint density at radius 1 is 1.25 bits per heavy atom. The molecular weight excluding hydrogens is 472 g/mol. The van der Waals surface area contributed by atoms with Crippen LogP contribution in [-0.2, 0) is 16.0 Å². The molecule has 4 atom stereocenters. The van der Waals surface area contributed by atoms with Crippen molar-refractivity contribution < 1.29 is 33.9 Å². The van der Waals surface area contributed by atoms with Crippen molar-refractivity contribution in [3.63, 3.8) is 0 Å². The van der Waals surface area contributed by atoms with Crippen molar-refractivity contribution in [1.82, 2.24) is 20.9 Å². The second kappa shape index (κ2) is 7.54. The van der Waals surface area contributed by atoms with E-state index in [4.69, 9.17) is 16.2 Å². The summed E-state index contributed by atoms with van der Waals surface area (Å²) in [5, 5.41) is 31.7. The summed E-state index contributed by atoms with van der Waals surface area (Å²) >= 11 is 0. The summed E-state index contributed by atoms with van der Waals surface area (Å²) in [7, 11) is 0. The number of fused-ring (bicyclic) bond motifs is 1. The van der Waals surface area contributed by atoms with Gasteiger partial charge < -0.3 is 31.3 Å². The summed E-state index contributed by atoms with van der Waals surface area (Å²) in [5.74, 6) is -3.34. The molecule has 5 aliphatic rings. The number of guanidine groups is 2. The number of benzene rings is 1. The second-order valence-corrected chi connectivity index (χ2v) is 9.64. The number of aliphatic imine (C=N–C) groups is 1. The smallest absolute Gasteiger partial charge is 0.346 e. The van der Waals surface area contributed by atoms with Crippen molar-refractivity contribution >= 4 is 29.6 Å². The Labute approximate surface area is 205 Å². The van der Waals surface area contributed by atoms with Crippen LogP contribution in [0.1, 0.15) is 28.8 Å². The molecule has 1 aromatic rings. The van der Waals surface area contributed by atoms with Crippen molar-refractivity contribution in [2.45, 2.75) is 48.8 Å². The van der Waals surface area contributed by atoms with Gasteiger partial charge >= 0.3 is 5.96 Å². The van der Waals surface area contributed by atoms with E-state index in [1.165, 1.54) is 4.58 Å². The summed E-state index contributed by atoms with van der Waals surface area (Å²) in [6.45, 7) is 0.290. The minimum Gasteiger partial charge on any atom is -0.492 e. The number of ether oxygens (including phenoxy) is 1. The number of likely N-dealkylation sites (tertiary alicyclic amines) is 1. The van der Waals surface area contributed by atoms with Crippen LogP contribution < -0.4 is 32.2 Å². The number of imide groups is 1. The molecule has 0 radical (unpaired) electrons.